The predicted molar refractivity (Wildman–Crippen MR) is 54.0 cm³/mol. The van der Waals surface area contributed by atoms with Gasteiger partial charge < -0.3 is 5.73 Å². The Morgan fingerprint density at radius 2 is 2.31 bits per heavy atom. The van der Waals surface area contributed by atoms with E-state index in [0.717, 1.165) is 11.1 Å². The normalized spacial score (nSPS) is 11.0. The van der Waals surface area contributed by atoms with Crippen molar-refractivity contribution in [1.82, 2.24) is 0 Å². The first-order chi connectivity index (χ1) is 6.15. The van der Waals surface area contributed by atoms with Crippen LogP contribution in [0.1, 0.15) is 11.1 Å². The van der Waals surface area contributed by atoms with Crippen molar-refractivity contribution in [3.8, 4) is 6.07 Å². The number of allylic oxidation sites excluding steroid dienone is 1. The van der Waals surface area contributed by atoms with Crippen LogP contribution in [0.25, 0.3) is 5.70 Å². The van der Waals surface area contributed by atoms with Crippen molar-refractivity contribution < 1.29 is 0 Å². The van der Waals surface area contributed by atoms with Gasteiger partial charge in [0.1, 0.15) is 0 Å². The molecule has 0 aliphatic carbocycles. The maximum absolute atomic E-state index is 8.39. The van der Waals surface area contributed by atoms with Crippen LogP contribution < -0.4 is 5.73 Å². The van der Waals surface area contributed by atoms with Crippen molar-refractivity contribution in [2.24, 2.45) is 5.73 Å². The molecule has 0 fully saturated rings. The van der Waals surface area contributed by atoms with Crippen LogP contribution in [0.5, 0.6) is 0 Å². The molecular formula is C10H9ClN2. The molecule has 0 spiro atoms. The van der Waals surface area contributed by atoms with Crippen LogP contribution in [0.15, 0.2) is 24.3 Å². The van der Waals surface area contributed by atoms with E-state index in [1.807, 2.05) is 19.1 Å². The molecule has 1 rings (SSSR count). The molecule has 2 nitrogen and oxygen atoms in total. The third-order valence-electron chi connectivity index (χ3n) is 1.71. The van der Waals surface area contributed by atoms with E-state index in [0.29, 0.717) is 10.7 Å². The molecule has 66 valence electrons. The molecule has 13 heavy (non-hydrogen) atoms. The Labute approximate surface area is 82.2 Å². The van der Waals surface area contributed by atoms with Crippen molar-refractivity contribution in [2.75, 3.05) is 0 Å². The summed E-state index contributed by atoms with van der Waals surface area (Å²) in [7, 11) is 0. The van der Waals surface area contributed by atoms with Crippen LogP contribution in [-0.2, 0) is 0 Å². The molecule has 0 atom stereocenters. The first kappa shape index (κ1) is 9.63. The maximum Gasteiger partial charge on any atom is 0.0933 e. The van der Waals surface area contributed by atoms with Crippen molar-refractivity contribution in [3.05, 3.63) is 40.4 Å². The van der Waals surface area contributed by atoms with Crippen LogP contribution in [0.4, 0.5) is 0 Å². The Kier molecular flexibility index (Phi) is 2.94. The molecule has 0 heterocycles. The molecule has 0 amide bonds. The molecule has 0 aromatic heterocycles. The van der Waals surface area contributed by atoms with Crippen LogP contribution in [0.2, 0.25) is 5.02 Å². The first-order valence-electron chi connectivity index (χ1n) is 3.77. The Morgan fingerprint density at radius 1 is 1.62 bits per heavy atom. The van der Waals surface area contributed by atoms with Crippen molar-refractivity contribution in [3.63, 3.8) is 0 Å². The number of benzene rings is 1. The Morgan fingerprint density at radius 3 is 2.85 bits per heavy atom. The van der Waals surface area contributed by atoms with E-state index in [4.69, 9.17) is 22.6 Å². The van der Waals surface area contributed by atoms with E-state index >= 15 is 0 Å². The lowest BCUT2D eigenvalue weighted by Crippen LogP contribution is -1.96. The fourth-order valence-electron chi connectivity index (χ4n) is 0.977. The lowest BCUT2D eigenvalue weighted by molar-refractivity contribution is 1.42. The summed E-state index contributed by atoms with van der Waals surface area (Å²) in [5.41, 5.74) is 7.86. The van der Waals surface area contributed by atoms with E-state index in [1.54, 1.807) is 12.1 Å². The van der Waals surface area contributed by atoms with Gasteiger partial charge in [0, 0.05) is 16.8 Å². The minimum Gasteiger partial charge on any atom is -0.398 e. The van der Waals surface area contributed by atoms with Gasteiger partial charge in [-0.05, 0) is 30.2 Å². The highest BCUT2D eigenvalue weighted by Crippen LogP contribution is 2.18. The van der Waals surface area contributed by atoms with E-state index in [9.17, 15) is 0 Å². The number of rotatable bonds is 1. The SMILES string of the molecule is Cc1cc(/C(N)=C/C#N)ccc1Cl. The molecule has 2 N–H and O–H groups in total. The zero-order valence-corrected chi connectivity index (χ0v) is 7.97. The summed E-state index contributed by atoms with van der Waals surface area (Å²) < 4.78 is 0. The van der Waals surface area contributed by atoms with Gasteiger partial charge in [-0.2, -0.15) is 5.26 Å². The number of halogens is 1. The van der Waals surface area contributed by atoms with E-state index < -0.39 is 0 Å². The number of hydrogen-bond acceptors (Lipinski definition) is 2. The van der Waals surface area contributed by atoms with E-state index in [-0.39, 0.29) is 0 Å². The van der Waals surface area contributed by atoms with Crippen LogP contribution in [0, 0.1) is 18.3 Å². The second-order valence-electron chi connectivity index (χ2n) is 2.69. The molecular weight excluding hydrogens is 184 g/mol. The highest BCUT2D eigenvalue weighted by atomic mass is 35.5. The lowest BCUT2D eigenvalue weighted by Gasteiger charge is -2.02. The average Bonchev–Trinajstić information content (AvgIpc) is 2.10. The smallest absolute Gasteiger partial charge is 0.0933 e. The molecule has 0 bridgehead atoms. The first-order valence-corrected chi connectivity index (χ1v) is 4.14. The van der Waals surface area contributed by atoms with Crippen molar-refractivity contribution >= 4 is 17.3 Å². The van der Waals surface area contributed by atoms with Crippen molar-refractivity contribution in [1.29, 1.82) is 5.26 Å². The van der Waals surface area contributed by atoms with Crippen LogP contribution >= 0.6 is 11.6 Å². The summed E-state index contributed by atoms with van der Waals surface area (Å²) in [5.74, 6) is 0. The molecule has 0 saturated carbocycles. The Balaban J connectivity index is 3.13. The van der Waals surface area contributed by atoms with Gasteiger partial charge in [-0.15, -0.1) is 0 Å². The molecule has 0 saturated heterocycles. The number of nitrogens with two attached hydrogens (primary N) is 1. The molecule has 1 aromatic carbocycles. The number of aryl methyl sites for hydroxylation is 1. The fourth-order valence-corrected chi connectivity index (χ4v) is 1.09. The summed E-state index contributed by atoms with van der Waals surface area (Å²) in [6, 6.07) is 7.29. The monoisotopic (exact) mass is 192 g/mol. The Bertz CT molecular complexity index is 388. The van der Waals surface area contributed by atoms with Gasteiger partial charge in [-0.1, -0.05) is 17.7 Å². The minimum atomic E-state index is 0.460. The highest BCUT2D eigenvalue weighted by molar-refractivity contribution is 6.31. The van der Waals surface area contributed by atoms with E-state index in [1.165, 1.54) is 6.08 Å². The third-order valence-corrected chi connectivity index (χ3v) is 2.14. The molecule has 1 aromatic rings. The van der Waals surface area contributed by atoms with Gasteiger partial charge in [0.25, 0.3) is 0 Å². The largest absolute Gasteiger partial charge is 0.398 e. The minimum absolute atomic E-state index is 0.460. The molecule has 3 heteroatoms. The molecule has 0 aliphatic rings. The summed E-state index contributed by atoms with van der Waals surface area (Å²) in [5, 5.41) is 9.09. The Hall–Kier alpha value is -1.46. The van der Waals surface area contributed by atoms with Gasteiger partial charge in [0.05, 0.1) is 6.07 Å². The number of hydrogen-bond donors (Lipinski definition) is 1. The summed E-state index contributed by atoms with van der Waals surface area (Å²) in [6.45, 7) is 1.89. The van der Waals surface area contributed by atoms with Gasteiger partial charge in [0.2, 0.25) is 0 Å². The second kappa shape index (κ2) is 3.97. The fraction of sp³-hybridized carbons (Fsp3) is 0.100. The molecule has 0 aliphatic heterocycles. The predicted octanol–water partition coefficient (Wildman–Crippen LogP) is 2.47. The summed E-state index contributed by atoms with van der Waals surface area (Å²) in [4.78, 5) is 0. The zero-order chi connectivity index (χ0) is 9.84. The second-order valence-corrected chi connectivity index (χ2v) is 3.10. The number of nitrogens with zero attached hydrogens (tertiary/aromatic N) is 1. The standard InChI is InChI=1S/C10H9ClN2/c1-7-6-8(2-3-9(7)11)10(13)4-5-12/h2-4,6H,13H2,1H3/b10-4-. The van der Waals surface area contributed by atoms with Crippen LogP contribution in [0.3, 0.4) is 0 Å². The van der Waals surface area contributed by atoms with Crippen molar-refractivity contribution in [2.45, 2.75) is 6.92 Å². The zero-order valence-electron chi connectivity index (χ0n) is 7.21. The summed E-state index contributed by atoms with van der Waals surface area (Å²) >= 11 is 5.84. The van der Waals surface area contributed by atoms with Crippen LogP contribution in [-0.4, -0.2) is 0 Å². The van der Waals surface area contributed by atoms with E-state index in [2.05, 4.69) is 0 Å². The average molecular weight is 193 g/mol. The third kappa shape index (κ3) is 2.24. The van der Waals surface area contributed by atoms with Gasteiger partial charge in [-0.25, -0.2) is 0 Å². The topological polar surface area (TPSA) is 49.8 Å². The summed E-state index contributed by atoms with van der Waals surface area (Å²) in [6.07, 6.45) is 1.31. The molecule has 0 radical (unpaired) electrons. The molecule has 0 unspecified atom stereocenters. The van der Waals surface area contributed by atoms with Gasteiger partial charge in [-0.3, -0.25) is 0 Å². The quantitative estimate of drug-likeness (QED) is 0.695. The number of nitriles is 1. The van der Waals surface area contributed by atoms with Gasteiger partial charge in [0.15, 0.2) is 0 Å². The lowest BCUT2D eigenvalue weighted by atomic mass is 10.1. The van der Waals surface area contributed by atoms with Gasteiger partial charge >= 0.3 is 0 Å². The highest BCUT2D eigenvalue weighted by Gasteiger charge is 1.99. The maximum atomic E-state index is 8.39.